The van der Waals surface area contributed by atoms with E-state index in [0.717, 1.165) is 29.0 Å². The van der Waals surface area contributed by atoms with E-state index >= 15 is 0 Å². The van der Waals surface area contributed by atoms with Gasteiger partial charge in [-0.3, -0.25) is 4.98 Å². The summed E-state index contributed by atoms with van der Waals surface area (Å²) in [6.45, 7) is 0.761. The summed E-state index contributed by atoms with van der Waals surface area (Å²) in [6, 6.07) is 14.4. The van der Waals surface area contributed by atoms with Crippen LogP contribution in [0.2, 0.25) is 0 Å². The molecular formula is C17H18N4. The van der Waals surface area contributed by atoms with Crippen LogP contribution in [-0.2, 0) is 6.54 Å². The highest BCUT2D eigenvalue weighted by Gasteiger charge is 2.05. The van der Waals surface area contributed by atoms with Gasteiger partial charge in [0.25, 0.3) is 0 Å². The Kier molecular flexibility index (Phi) is 3.69. The lowest BCUT2D eigenvalue weighted by Crippen LogP contribution is -2.13. The SMILES string of the molecule is CN(C)c1ncccc1NCc1ccc2ncccc2c1. The van der Waals surface area contributed by atoms with E-state index in [-0.39, 0.29) is 0 Å². The van der Waals surface area contributed by atoms with Gasteiger partial charge in [0.2, 0.25) is 0 Å². The molecule has 106 valence electrons. The van der Waals surface area contributed by atoms with Crippen molar-refractivity contribution in [1.82, 2.24) is 9.97 Å². The molecule has 1 N–H and O–H groups in total. The summed E-state index contributed by atoms with van der Waals surface area (Å²) >= 11 is 0. The smallest absolute Gasteiger partial charge is 0.151 e. The molecule has 0 unspecified atom stereocenters. The highest BCUT2D eigenvalue weighted by atomic mass is 15.2. The van der Waals surface area contributed by atoms with Crippen molar-refractivity contribution in [3.63, 3.8) is 0 Å². The van der Waals surface area contributed by atoms with Crippen molar-refractivity contribution in [2.24, 2.45) is 0 Å². The summed E-state index contributed by atoms with van der Waals surface area (Å²) in [4.78, 5) is 10.7. The fraction of sp³-hybridized carbons (Fsp3) is 0.176. The molecule has 2 heterocycles. The second-order valence-electron chi connectivity index (χ2n) is 5.15. The maximum Gasteiger partial charge on any atom is 0.151 e. The van der Waals surface area contributed by atoms with E-state index < -0.39 is 0 Å². The van der Waals surface area contributed by atoms with E-state index in [9.17, 15) is 0 Å². The Balaban J connectivity index is 1.80. The predicted octanol–water partition coefficient (Wildman–Crippen LogP) is 3.31. The third-order valence-electron chi connectivity index (χ3n) is 3.36. The van der Waals surface area contributed by atoms with Crippen LogP contribution < -0.4 is 10.2 Å². The molecule has 0 aliphatic rings. The van der Waals surface area contributed by atoms with E-state index in [1.807, 2.05) is 49.6 Å². The van der Waals surface area contributed by atoms with Crippen molar-refractivity contribution in [3.8, 4) is 0 Å². The Morgan fingerprint density at radius 2 is 1.81 bits per heavy atom. The number of nitrogens with one attached hydrogen (secondary N) is 1. The summed E-state index contributed by atoms with van der Waals surface area (Å²) in [6.07, 6.45) is 3.63. The zero-order valence-corrected chi connectivity index (χ0v) is 12.2. The second kappa shape index (κ2) is 5.79. The van der Waals surface area contributed by atoms with Gasteiger partial charge in [0, 0.05) is 38.4 Å². The number of anilines is 2. The van der Waals surface area contributed by atoms with Crippen LogP contribution in [0.5, 0.6) is 0 Å². The van der Waals surface area contributed by atoms with Crippen molar-refractivity contribution < 1.29 is 0 Å². The number of fused-ring (bicyclic) bond motifs is 1. The van der Waals surface area contributed by atoms with E-state index in [1.54, 1.807) is 0 Å². The van der Waals surface area contributed by atoms with Gasteiger partial charge < -0.3 is 10.2 Å². The third kappa shape index (κ3) is 2.94. The van der Waals surface area contributed by atoms with Gasteiger partial charge in [-0.2, -0.15) is 0 Å². The highest BCUT2D eigenvalue weighted by molar-refractivity contribution is 5.79. The van der Waals surface area contributed by atoms with Gasteiger partial charge >= 0.3 is 0 Å². The molecule has 0 atom stereocenters. The van der Waals surface area contributed by atoms with Crippen LogP contribution in [0, 0.1) is 0 Å². The van der Waals surface area contributed by atoms with Gasteiger partial charge in [-0.05, 0) is 35.9 Å². The number of hydrogen-bond donors (Lipinski definition) is 1. The van der Waals surface area contributed by atoms with Crippen LogP contribution in [0.3, 0.4) is 0 Å². The molecule has 2 aromatic heterocycles. The van der Waals surface area contributed by atoms with E-state index in [2.05, 4.69) is 39.6 Å². The molecule has 3 rings (SSSR count). The fourth-order valence-corrected chi connectivity index (χ4v) is 2.32. The highest BCUT2D eigenvalue weighted by Crippen LogP contribution is 2.21. The lowest BCUT2D eigenvalue weighted by atomic mass is 10.1. The first-order valence-electron chi connectivity index (χ1n) is 6.94. The normalized spacial score (nSPS) is 10.6. The summed E-state index contributed by atoms with van der Waals surface area (Å²) in [5.74, 6) is 0.944. The number of hydrogen-bond acceptors (Lipinski definition) is 4. The predicted molar refractivity (Wildman–Crippen MR) is 87.6 cm³/mol. The Hall–Kier alpha value is -2.62. The number of rotatable bonds is 4. The zero-order valence-electron chi connectivity index (χ0n) is 12.2. The summed E-state index contributed by atoms with van der Waals surface area (Å²) in [5.41, 5.74) is 3.29. The van der Waals surface area contributed by atoms with Crippen molar-refractivity contribution in [2.45, 2.75) is 6.54 Å². The number of pyridine rings is 2. The van der Waals surface area contributed by atoms with Crippen LogP contribution in [0.4, 0.5) is 11.5 Å². The van der Waals surface area contributed by atoms with Crippen LogP contribution in [-0.4, -0.2) is 24.1 Å². The summed E-state index contributed by atoms with van der Waals surface area (Å²) in [7, 11) is 3.99. The molecule has 0 saturated heterocycles. The molecule has 0 aliphatic heterocycles. The maximum absolute atomic E-state index is 4.39. The average molecular weight is 278 g/mol. The van der Waals surface area contributed by atoms with Gasteiger partial charge in [-0.1, -0.05) is 12.1 Å². The fourth-order valence-electron chi connectivity index (χ4n) is 2.32. The Labute approximate surface area is 124 Å². The molecule has 0 saturated carbocycles. The molecule has 4 nitrogen and oxygen atoms in total. The first-order chi connectivity index (χ1) is 10.2. The van der Waals surface area contributed by atoms with Crippen LogP contribution in [0.15, 0.2) is 54.9 Å². The van der Waals surface area contributed by atoms with Crippen molar-refractivity contribution >= 4 is 22.4 Å². The number of aromatic nitrogens is 2. The largest absolute Gasteiger partial charge is 0.378 e. The average Bonchev–Trinajstić information content (AvgIpc) is 2.53. The number of nitrogens with zero attached hydrogens (tertiary/aromatic N) is 3. The van der Waals surface area contributed by atoms with Gasteiger partial charge in [0.05, 0.1) is 11.2 Å². The zero-order chi connectivity index (χ0) is 14.7. The second-order valence-corrected chi connectivity index (χ2v) is 5.15. The van der Waals surface area contributed by atoms with Gasteiger partial charge in [0.15, 0.2) is 5.82 Å². The minimum atomic E-state index is 0.761. The summed E-state index contributed by atoms with van der Waals surface area (Å²) in [5, 5.41) is 4.61. The standard InChI is InChI=1S/C17H18N4/c1-21(2)17-16(6-4-10-19-17)20-12-13-7-8-15-14(11-13)5-3-9-18-15/h3-11,20H,12H2,1-2H3. The van der Waals surface area contributed by atoms with Crippen LogP contribution >= 0.6 is 0 Å². The van der Waals surface area contributed by atoms with Crippen LogP contribution in [0.25, 0.3) is 10.9 Å². The Morgan fingerprint density at radius 3 is 2.67 bits per heavy atom. The summed E-state index contributed by atoms with van der Waals surface area (Å²) < 4.78 is 0. The van der Waals surface area contributed by atoms with E-state index in [4.69, 9.17) is 0 Å². The molecule has 0 radical (unpaired) electrons. The number of benzene rings is 1. The lowest BCUT2D eigenvalue weighted by molar-refractivity contribution is 1.05. The topological polar surface area (TPSA) is 41.1 Å². The molecule has 0 bridgehead atoms. The van der Waals surface area contributed by atoms with Crippen molar-refractivity contribution in [2.75, 3.05) is 24.3 Å². The van der Waals surface area contributed by atoms with Crippen molar-refractivity contribution in [3.05, 3.63) is 60.4 Å². The Morgan fingerprint density at radius 1 is 1.00 bits per heavy atom. The molecule has 0 aliphatic carbocycles. The molecule has 0 spiro atoms. The maximum atomic E-state index is 4.39. The molecule has 21 heavy (non-hydrogen) atoms. The molecule has 0 amide bonds. The minimum absolute atomic E-state index is 0.761. The van der Waals surface area contributed by atoms with E-state index in [0.29, 0.717) is 0 Å². The van der Waals surface area contributed by atoms with Crippen molar-refractivity contribution in [1.29, 1.82) is 0 Å². The monoisotopic (exact) mass is 278 g/mol. The lowest BCUT2D eigenvalue weighted by Gasteiger charge is -2.17. The molecule has 4 heteroatoms. The molecule has 3 aromatic rings. The van der Waals surface area contributed by atoms with Crippen LogP contribution in [0.1, 0.15) is 5.56 Å². The third-order valence-corrected chi connectivity index (χ3v) is 3.36. The van der Waals surface area contributed by atoms with Gasteiger partial charge in [-0.15, -0.1) is 0 Å². The molecular weight excluding hydrogens is 260 g/mol. The molecule has 0 fully saturated rings. The first-order valence-corrected chi connectivity index (χ1v) is 6.94. The minimum Gasteiger partial charge on any atom is -0.378 e. The van der Waals surface area contributed by atoms with Gasteiger partial charge in [-0.25, -0.2) is 4.98 Å². The molecule has 1 aromatic carbocycles. The first kappa shape index (κ1) is 13.4. The quantitative estimate of drug-likeness (QED) is 0.795. The van der Waals surface area contributed by atoms with E-state index in [1.165, 1.54) is 5.56 Å². The van der Waals surface area contributed by atoms with Gasteiger partial charge in [0.1, 0.15) is 0 Å². The Bertz CT molecular complexity index is 752.